The monoisotopic (exact) mass is 290 g/mol. The number of pyridine rings is 1. The summed E-state index contributed by atoms with van der Waals surface area (Å²) in [5.74, 6) is 0.193. The maximum absolute atomic E-state index is 11.5. The van der Waals surface area contributed by atoms with E-state index >= 15 is 0 Å². The van der Waals surface area contributed by atoms with E-state index in [-0.39, 0.29) is 24.5 Å². The molecule has 6 heteroatoms. The molecule has 0 radical (unpaired) electrons. The average Bonchev–Trinajstić information content (AvgIpc) is 2.76. The Labute approximate surface area is 124 Å². The molecule has 1 aliphatic heterocycles. The number of imide groups is 1. The molecule has 1 aromatic rings. The Bertz CT molecular complexity index is 514. The van der Waals surface area contributed by atoms with Gasteiger partial charge in [0.2, 0.25) is 5.91 Å². The van der Waals surface area contributed by atoms with Crippen LogP contribution in [-0.4, -0.2) is 41.5 Å². The van der Waals surface area contributed by atoms with Gasteiger partial charge in [-0.25, -0.2) is 4.79 Å². The van der Waals surface area contributed by atoms with Crippen molar-refractivity contribution in [3.05, 3.63) is 29.6 Å². The molecule has 6 nitrogen and oxygen atoms in total. The number of amides is 3. The topological polar surface area (TPSA) is 74.3 Å². The first kappa shape index (κ1) is 15.4. The molecule has 1 fully saturated rings. The third kappa shape index (κ3) is 3.58. The van der Waals surface area contributed by atoms with Gasteiger partial charge in [0.25, 0.3) is 0 Å². The Morgan fingerprint density at radius 3 is 2.76 bits per heavy atom. The molecule has 114 valence electrons. The first-order valence-corrected chi connectivity index (χ1v) is 7.23. The van der Waals surface area contributed by atoms with Gasteiger partial charge in [-0.15, -0.1) is 0 Å². The molecule has 0 aliphatic carbocycles. The Balaban J connectivity index is 1.97. The van der Waals surface area contributed by atoms with Crippen molar-refractivity contribution in [3.8, 4) is 0 Å². The Morgan fingerprint density at radius 2 is 2.19 bits per heavy atom. The largest absolute Gasteiger partial charge is 0.329 e. The van der Waals surface area contributed by atoms with Crippen molar-refractivity contribution in [1.82, 2.24) is 20.5 Å². The van der Waals surface area contributed by atoms with Gasteiger partial charge in [0, 0.05) is 19.3 Å². The fraction of sp³-hybridized carbons (Fsp3) is 0.533. The summed E-state index contributed by atoms with van der Waals surface area (Å²) in [5.41, 5.74) is 2.16. The smallest absolute Gasteiger partial charge is 0.324 e. The third-order valence-corrected chi connectivity index (χ3v) is 3.65. The maximum atomic E-state index is 11.5. The highest BCUT2D eigenvalue weighted by Gasteiger charge is 2.28. The number of rotatable bonds is 6. The van der Waals surface area contributed by atoms with Crippen molar-refractivity contribution in [3.63, 3.8) is 0 Å². The lowest BCUT2D eigenvalue weighted by molar-refractivity contribution is -0.124. The predicted octanol–water partition coefficient (Wildman–Crippen LogP) is 1.23. The fourth-order valence-corrected chi connectivity index (χ4v) is 2.49. The Kier molecular flexibility index (Phi) is 4.90. The average molecular weight is 290 g/mol. The number of urea groups is 1. The lowest BCUT2D eigenvalue weighted by atomic mass is 9.97. The molecule has 1 atom stereocenters. The zero-order valence-corrected chi connectivity index (χ0v) is 12.7. The van der Waals surface area contributed by atoms with E-state index in [1.165, 1.54) is 4.90 Å². The van der Waals surface area contributed by atoms with E-state index in [1.54, 1.807) is 6.20 Å². The number of hydrogen-bond acceptors (Lipinski definition) is 4. The first-order chi connectivity index (χ1) is 10.0. The second kappa shape index (κ2) is 6.67. The van der Waals surface area contributed by atoms with E-state index in [4.69, 9.17) is 0 Å². The molecule has 1 aliphatic rings. The highest BCUT2D eigenvalue weighted by atomic mass is 16.2. The van der Waals surface area contributed by atoms with Crippen LogP contribution in [0.2, 0.25) is 0 Å². The SMILES string of the molecule is Cc1cccnc1C(NCCN1C(=O)CNC1=O)C(C)C. The van der Waals surface area contributed by atoms with Crippen molar-refractivity contribution in [1.29, 1.82) is 0 Å². The van der Waals surface area contributed by atoms with Crippen LogP contribution in [0.1, 0.15) is 31.1 Å². The third-order valence-electron chi connectivity index (χ3n) is 3.65. The molecule has 2 N–H and O–H groups in total. The Morgan fingerprint density at radius 1 is 1.43 bits per heavy atom. The molecule has 3 amide bonds. The van der Waals surface area contributed by atoms with Gasteiger partial charge in [0.1, 0.15) is 0 Å². The number of aromatic nitrogens is 1. The molecule has 1 saturated heterocycles. The fourth-order valence-electron chi connectivity index (χ4n) is 2.49. The quantitative estimate of drug-likeness (QED) is 0.773. The molecule has 2 heterocycles. The van der Waals surface area contributed by atoms with Gasteiger partial charge >= 0.3 is 6.03 Å². The van der Waals surface area contributed by atoms with E-state index in [0.717, 1.165) is 11.3 Å². The zero-order chi connectivity index (χ0) is 15.4. The van der Waals surface area contributed by atoms with Gasteiger partial charge in [0.15, 0.2) is 0 Å². The van der Waals surface area contributed by atoms with E-state index in [9.17, 15) is 9.59 Å². The summed E-state index contributed by atoms with van der Waals surface area (Å²) in [6.45, 7) is 7.32. The summed E-state index contributed by atoms with van der Waals surface area (Å²) in [4.78, 5) is 28.7. The second-order valence-electron chi connectivity index (χ2n) is 5.59. The van der Waals surface area contributed by atoms with Crippen LogP contribution in [0.25, 0.3) is 0 Å². The minimum atomic E-state index is -0.308. The normalized spacial score (nSPS) is 16.5. The van der Waals surface area contributed by atoms with Crippen LogP contribution in [0, 0.1) is 12.8 Å². The van der Waals surface area contributed by atoms with Crippen LogP contribution in [0.5, 0.6) is 0 Å². The van der Waals surface area contributed by atoms with Gasteiger partial charge in [-0.2, -0.15) is 0 Å². The van der Waals surface area contributed by atoms with E-state index in [0.29, 0.717) is 19.0 Å². The molecule has 2 rings (SSSR count). The molecule has 0 aromatic carbocycles. The van der Waals surface area contributed by atoms with Gasteiger partial charge < -0.3 is 10.6 Å². The lowest BCUT2D eigenvalue weighted by Crippen LogP contribution is -2.39. The number of carbonyl (C=O) groups excluding carboxylic acids is 2. The standard InChI is InChI=1S/C15H22N4O2/c1-10(2)13(14-11(3)5-4-6-16-14)17-7-8-19-12(20)9-18-15(19)21/h4-6,10,13,17H,7-9H2,1-3H3,(H,18,21). The molecule has 1 unspecified atom stereocenters. The van der Waals surface area contributed by atoms with Crippen molar-refractivity contribution >= 4 is 11.9 Å². The van der Waals surface area contributed by atoms with Gasteiger partial charge in [-0.3, -0.25) is 14.7 Å². The summed E-state index contributed by atoms with van der Waals surface area (Å²) in [5, 5.41) is 5.93. The highest BCUT2D eigenvalue weighted by molar-refractivity contribution is 6.01. The van der Waals surface area contributed by atoms with Crippen LogP contribution in [0.15, 0.2) is 18.3 Å². The number of nitrogens with one attached hydrogen (secondary N) is 2. The van der Waals surface area contributed by atoms with E-state index < -0.39 is 0 Å². The molecular weight excluding hydrogens is 268 g/mol. The number of hydrogen-bond donors (Lipinski definition) is 2. The second-order valence-corrected chi connectivity index (χ2v) is 5.59. The van der Waals surface area contributed by atoms with Gasteiger partial charge in [-0.1, -0.05) is 19.9 Å². The highest BCUT2D eigenvalue weighted by Crippen LogP contribution is 2.22. The van der Waals surface area contributed by atoms with E-state index in [1.807, 2.05) is 19.1 Å². The molecule has 0 saturated carbocycles. The van der Waals surface area contributed by atoms with Crippen LogP contribution in [0.3, 0.4) is 0 Å². The summed E-state index contributed by atoms with van der Waals surface area (Å²) < 4.78 is 0. The van der Waals surface area contributed by atoms with Gasteiger partial charge in [-0.05, 0) is 24.5 Å². The summed E-state index contributed by atoms with van der Waals surface area (Å²) in [6, 6.07) is 3.75. The zero-order valence-electron chi connectivity index (χ0n) is 12.7. The number of carbonyl (C=O) groups is 2. The molecule has 0 spiro atoms. The van der Waals surface area contributed by atoms with Crippen molar-refractivity contribution in [2.24, 2.45) is 5.92 Å². The number of aryl methyl sites for hydroxylation is 1. The molecule has 0 bridgehead atoms. The maximum Gasteiger partial charge on any atom is 0.324 e. The van der Waals surface area contributed by atoms with Crippen molar-refractivity contribution in [2.75, 3.05) is 19.6 Å². The minimum Gasteiger partial charge on any atom is -0.329 e. The van der Waals surface area contributed by atoms with E-state index in [2.05, 4.69) is 29.5 Å². The predicted molar refractivity (Wildman–Crippen MR) is 79.7 cm³/mol. The minimum absolute atomic E-state index is 0.103. The van der Waals surface area contributed by atoms with Crippen LogP contribution in [-0.2, 0) is 4.79 Å². The summed E-state index contributed by atoms with van der Waals surface area (Å²) >= 11 is 0. The Hall–Kier alpha value is -1.95. The molecular formula is C15H22N4O2. The van der Waals surface area contributed by atoms with Crippen LogP contribution < -0.4 is 10.6 Å². The number of nitrogens with zero attached hydrogens (tertiary/aromatic N) is 2. The van der Waals surface area contributed by atoms with Crippen molar-refractivity contribution in [2.45, 2.75) is 26.8 Å². The van der Waals surface area contributed by atoms with Gasteiger partial charge in [0.05, 0.1) is 18.3 Å². The summed E-state index contributed by atoms with van der Waals surface area (Å²) in [6.07, 6.45) is 1.79. The summed E-state index contributed by atoms with van der Waals surface area (Å²) in [7, 11) is 0. The lowest BCUT2D eigenvalue weighted by Gasteiger charge is -2.24. The van der Waals surface area contributed by atoms with Crippen molar-refractivity contribution < 1.29 is 9.59 Å². The van der Waals surface area contributed by atoms with Crippen LogP contribution >= 0.6 is 0 Å². The first-order valence-electron chi connectivity index (χ1n) is 7.23. The molecule has 21 heavy (non-hydrogen) atoms. The van der Waals surface area contributed by atoms with Crippen LogP contribution in [0.4, 0.5) is 4.79 Å². The molecule has 1 aromatic heterocycles.